The number of carboxylic acid groups (broad SMARTS) is 1. The Bertz CT molecular complexity index is 665. The fourth-order valence-electron chi connectivity index (χ4n) is 3.00. The van der Waals surface area contributed by atoms with E-state index in [4.69, 9.17) is 9.84 Å². The summed E-state index contributed by atoms with van der Waals surface area (Å²) in [6.45, 7) is 0.760. The Morgan fingerprint density at radius 1 is 0.741 bits per heavy atom. The second kappa shape index (κ2) is 12.6. The lowest BCUT2D eigenvalue weighted by Crippen LogP contribution is -1.97. The molecule has 0 fully saturated rings. The third-order valence-corrected chi connectivity index (χ3v) is 5.18. The molecule has 0 aliphatic carbocycles. The molecule has 0 unspecified atom stereocenters. The van der Waals surface area contributed by atoms with Crippen LogP contribution in [0.3, 0.4) is 0 Å². The van der Waals surface area contributed by atoms with Crippen LogP contribution in [0.5, 0.6) is 5.75 Å². The maximum Gasteiger partial charge on any atom is 0.335 e. The van der Waals surface area contributed by atoms with Crippen molar-refractivity contribution in [1.29, 1.82) is 0 Å². The van der Waals surface area contributed by atoms with Crippen molar-refractivity contribution >= 4 is 21.9 Å². The number of alkyl halides is 1. The summed E-state index contributed by atoms with van der Waals surface area (Å²) < 4.78 is 5.82. The predicted octanol–water partition coefficient (Wildman–Crippen LogP) is 6.95. The number of ether oxygens (including phenoxy) is 1. The number of benzene rings is 2. The molecule has 3 nitrogen and oxygen atoms in total. The van der Waals surface area contributed by atoms with Crippen LogP contribution in [0.4, 0.5) is 0 Å². The summed E-state index contributed by atoms with van der Waals surface area (Å²) in [6.07, 6.45) is 10.3. The minimum atomic E-state index is -0.903. The Morgan fingerprint density at radius 2 is 1.22 bits per heavy atom. The number of hydrogen-bond donors (Lipinski definition) is 1. The number of aromatic carboxylic acids is 1. The lowest BCUT2D eigenvalue weighted by atomic mass is 10.0. The van der Waals surface area contributed by atoms with Crippen molar-refractivity contribution in [3.63, 3.8) is 0 Å². The van der Waals surface area contributed by atoms with Gasteiger partial charge in [-0.1, -0.05) is 78.7 Å². The summed E-state index contributed by atoms with van der Waals surface area (Å²) >= 11 is 3.47. The van der Waals surface area contributed by atoms with Crippen LogP contribution in [-0.4, -0.2) is 23.0 Å². The summed E-state index contributed by atoms with van der Waals surface area (Å²) in [7, 11) is 0. The van der Waals surface area contributed by atoms with Gasteiger partial charge in [0.05, 0.1) is 12.2 Å². The van der Waals surface area contributed by atoms with Crippen LogP contribution >= 0.6 is 15.9 Å². The van der Waals surface area contributed by atoms with Crippen LogP contribution in [0.2, 0.25) is 0 Å². The normalized spacial score (nSPS) is 10.7. The fourth-order valence-corrected chi connectivity index (χ4v) is 3.39. The first-order valence-corrected chi connectivity index (χ1v) is 11.0. The van der Waals surface area contributed by atoms with E-state index in [0.29, 0.717) is 5.56 Å². The van der Waals surface area contributed by atoms with E-state index < -0.39 is 5.97 Å². The first-order chi connectivity index (χ1) is 13.2. The lowest BCUT2D eigenvalue weighted by molar-refractivity contribution is 0.0697. The van der Waals surface area contributed by atoms with Gasteiger partial charge in [-0.15, -0.1) is 0 Å². The van der Waals surface area contributed by atoms with E-state index in [1.165, 1.54) is 44.9 Å². The Balaban J connectivity index is 1.63. The van der Waals surface area contributed by atoms with Gasteiger partial charge in [-0.25, -0.2) is 4.79 Å². The first kappa shape index (κ1) is 21.5. The molecule has 4 heteroatoms. The molecule has 2 aromatic rings. The number of rotatable bonds is 13. The standard InChI is InChI=1S/C23H29BrO3/c24-17-7-5-3-1-2-4-6-8-18-27-22-15-13-20(14-16-22)19-9-11-21(12-10-19)23(25)26/h9-16H,1-8,17-18H2,(H,25,26). The Labute approximate surface area is 170 Å². The maximum absolute atomic E-state index is 10.9. The molecule has 27 heavy (non-hydrogen) atoms. The van der Waals surface area contributed by atoms with Crippen LogP contribution in [0.15, 0.2) is 48.5 Å². The number of hydrogen-bond acceptors (Lipinski definition) is 2. The van der Waals surface area contributed by atoms with Gasteiger partial charge in [0, 0.05) is 5.33 Å². The summed E-state index contributed by atoms with van der Waals surface area (Å²) in [6, 6.07) is 14.9. The highest BCUT2D eigenvalue weighted by molar-refractivity contribution is 9.09. The molecule has 2 aromatic carbocycles. The number of carbonyl (C=O) groups is 1. The molecule has 0 radical (unpaired) electrons. The largest absolute Gasteiger partial charge is 0.494 e. The van der Waals surface area contributed by atoms with Crippen molar-refractivity contribution in [3.05, 3.63) is 54.1 Å². The zero-order valence-electron chi connectivity index (χ0n) is 15.8. The van der Waals surface area contributed by atoms with E-state index in [9.17, 15) is 4.79 Å². The van der Waals surface area contributed by atoms with Gasteiger partial charge < -0.3 is 9.84 Å². The molecule has 0 bridgehead atoms. The molecule has 2 rings (SSSR count). The van der Waals surface area contributed by atoms with Crippen molar-refractivity contribution in [2.75, 3.05) is 11.9 Å². The van der Waals surface area contributed by atoms with Gasteiger partial charge in [0.1, 0.15) is 5.75 Å². The third-order valence-electron chi connectivity index (χ3n) is 4.62. The zero-order chi connectivity index (χ0) is 19.3. The monoisotopic (exact) mass is 432 g/mol. The Kier molecular flexibility index (Phi) is 9.99. The SMILES string of the molecule is O=C(O)c1ccc(-c2ccc(OCCCCCCCCCCBr)cc2)cc1. The van der Waals surface area contributed by atoms with Crippen molar-refractivity contribution in [2.24, 2.45) is 0 Å². The highest BCUT2D eigenvalue weighted by Crippen LogP contribution is 2.23. The predicted molar refractivity (Wildman–Crippen MR) is 115 cm³/mol. The summed E-state index contributed by atoms with van der Waals surface area (Å²) in [5.41, 5.74) is 2.36. The molecular formula is C23H29BrO3. The molecule has 0 saturated heterocycles. The van der Waals surface area contributed by atoms with Gasteiger partial charge in [-0.05, 0) is 48.2 Å². The third kappa shape index (κ3) is 8.17. The highest BCUT2D eigenvalue weighted by Gasteiger charge is 2.03. The van der Waals surface area contributed by atoms with E-state index in [1.807, 2.05) is 36.4 Å². The Morgan fingerprint density at radius 3 is 1.74 bits per heavy atom. The molecule has 0 aliphatic heterocycles. The van der Waals surface area contributed by atoms with Crippen LogP contribution < -0.4 is 4.74 Å². The van der Waals surface area contributed by atoms with Gasteiger partial charge in [0.25, 0.3) is 0 Å². The van der Waals surface area contributed by atoms with E-state index in [1.54, 1.807) is 12.1 Å². The zero-order valence-corrected chi connectivity index (χ0v) is 17.4. The topological polar surface area (TPSA) is 46.5 Å². The van der Waals surface area contributed by atoms with Gasteiger partial charge in [0.15, 0.2) is 0 Å². The minimum Gasteiger partial charge on any atom is -0.494 e. The molecule has 0 saturated carbocycles. The van der Waals surface area contributed by atoms with Gasteiger partial charge in [-0.3, -0.25) is 0 Å². The first-order valence-electron chi connectivity index (χ1n) is 9.83. The van der Waals surface area contributed by atoms with E-state index in [0.717, 1.165) is 35.2 Å². The van der Waals surface area contributed by atoms with Crippen LogP contribution in [0, 0.1) is 0 Å². The van der Waals surface area contributed by atoms with Crippen molar-refractivity contribution < 1.29 is 14.6 Å². The van der Waals surface area contributed by atoms with Crippen molar-refractivity contribution in [3.8, 4) is 16.9 Å². The summed E-state index contributed by atoms with van der Waals surface area (Å²) in [5, 5.41) is 10.1. The molecule has 0 atom stereocenters. The van der Waals surface area contributed by atoms with Crippen LogP contribution in [0.1, 0.15) is 61.7 Å². The van der Waals surface area contributed by atoms with Crippen LogP contribution in [0.25, 0.3) is 11.1 Å². The van der Waals surface area contributed by atoms with E-state index >= 15 is 0 Å². The molecule has 0 spiro atoms. The smallest absolute Gasteiger partial charge is 0.335 e. The molecule has 0 heterocycles. The van der Waals surface area contributed by atoms with Crippen LogP contribution in [-0.2, 0) is 0 Å². The van der Waals surface area contributed by atoms with Gasteiger partial charge in [0.2, 0.25) is 0 Å². The fraction of sp³-hybridized carbons (Fsp3) is 0.435. The second-order valence-electron chi connectivity index (χ2n) is 6.77. The number of halogens is 1. The number of carboxylic acids is 1. The summed E-state index contributed by atoms with van der Waals surface area (Å²) in [5.74, 6) is -0.0179. The quantitative estimate of drug-likeness (QED) is 0.275. The lowest BCUT2D eigenvalue weighted by Gasteiger charge is -2.08. The van der Waals surface area contributed by atoms with Gasteiger partial charge in [-0.2, -0.15) is 0 Å². The number of unbranched alkanes of at least 4 members (excludes halogenated alkanes) is 7. The van der Waals surface area contributed by atoms with Crippen molar-refractivity contribution in [2.45, 2.75) is 51.4 Å². The average Bonchev–Trinajstić information content (AvgIpc) is 2.70. The second-order valence-corrected chi connectivity index (χ2v) is 7.57. The molecular weight excluding hydrogens is 404 g/mol. The minimum absolute atomic E-state index is 0.303. The average molecular weight is 433 g/mol. The Hall–Kier alpha value is -1.81. The van der Waals surface area contributed by atoms with E-state index in [2.05, 4.69) is 15.9 Å². The molecule has 0 aliphatic rings. The van der Waals surface area contributed by atoms with E-state index in [-0.39, 0.29) is 0 Å². The molecule has 146 valence electrons. The van der Waals surface area contributed by atoms with Gasteiger partial charge >= 0.3 is 5.97 Å². The highest BCUT2D eigenvalue weighted by atomic mass is 79.9. The summed E-state index contributed by atoms with van der Waals surface area (Å²) in [4.78, 5) is 10.9. The molecule has 0 aromatic heterocycles. The molecule has 0 amide bonds. The molecule has 1 N–H and O–H groups in total. The maximum atomic E-state index is 10.9. The van der Waals surface area contributed by atoms with Crippen molar-refractivity contribution in [1.82, 2.24) is 0 Å².